The molecule has 0 saturated carbocycles. The molecule has 0 radical (unpaired) electrons. The van der Waals surface area contributed by atoms with Crippen molar-refractivity contribution in [3.8, 4) is 0 Å². The van der Waals surface area contributed by atoms with Crippen LogP contribution in [0.4, 0.5) is 4.79 Å². The number of carbonyl (C=O) groups excluding carboxylic acids is 3. The number of hydrogen-bond acceptors (Lipinski definition) is 5. The Morgan fingerprint density at radius 1 is 1.14 bits per heavy atom. The first-order chi connectivity index (χ1) is 13.3. The van der Waals surface area contributed by atoms with Crippen molar-refractivity contribution in [2.24, 2.45) is 0 Å². The standard InChI is InChI=1S/C19H25N3O6/c1-12(21-19(27)28-11-14-7-4-3-5-8-14)16(23)20-13(2)17(24)22-10-6-9-15(22)18(25)26/h3-5,7-8,12-13,15H,6,9-11H2,1-2H3,(H,20,23)(H,21,27)(H,25,26)/t12-,13-,15-/m0/s1. The summed E-state index contributed by atoms with van der Waals surface area (Å²) in [6.07, 6.45) is 0.248. The summed E-state index contributed by atoms with van der Waals surface area (Å²) in [7, 11) is 0. The van der Waals surface area contributed by atoms with E-state index in [2.05, 4.69) is 10.6 Å². The lowest BCUT2D eigenvalue weighted by atomic mass is 10.2. The predicted molar refractivity (Wildman–Crippen MR) is 99.2 cm³/mol. The summed E-state index contributed by atoms with van der Waals surface area (Å²) >= 11 is 0. The zero-order valence-corrected chi connectivity index (χ0v) is 15.9. The summed E-state index contributed by atoms with van der Waals surface area (Å²) in [6.45, 7) is 3.36. The van der Waals surface area contributed by atoms with E-state index in [1.165, 1.54) is 18.7 Å². The molecule has 2 rings (SSSR count). The van der Waals surface area contributed by atoms with Gasteiger partial charge in [-0.2, -0.15) is 0 Å². The second-order valence-electron chi connectivity index (χ2n) is 6.69. The van der Waals surface area contributed by atoms with Crippen LogP contribution in [0.5, 0.6) is 0 Å². The lowest BCUT2D eigenvalue weighted by Gasteiger charge is -2.26. The molecule has 1 heterocycles. The van der Waals surface area contributed by atoms with Gasteiger partial charge in [-0.1, -0.05) is 30.3 Å². The quantitative estimate of drug-likeness (QED) is 0.634. The van der Waals surface area contributed by atoms with Crippen molar-refractivity contribution >= 4 is 23.9 Å². The molecule has 0 spiro atoms. The molecule has 1 saturated heterocycles. The van der Waals surface area contributed by atoms with E-state index >= 15 is 0 Å². The zero-order valence-electron chi connectivity index (χ0n) is 15.9. The molecule has 28 heavy (non-hydrogen) atoms. The molecule has 1 aromatic rings. The number of alkyl carbamates (subject to hydrolysis) is 1. The van der Waals surface area contributed by atoms with Gasteiger partial charge in [0.15, 0.2) is 0 Å². The average Bonchev–Trinajstić information content (AvgIpc) is 3.16. The van der Waals surface area contributed by atoms with Crippen molar-refractivity contribution in [1.82, 2.24) is 15.5 Å². The fourth-order valence-electron chi connectivity index (χ4n) is 2.94. The maximum Gasteiger partial charge on any atom is 0.408 e. The molecule has 3 atom stereocenters. The molecule has 1 fully saturated rings. The Morgan fingerprint density at radius 2 is 1.82 bits per heavy atom. The second kappa shape index (κ2) is 9.72. The van der Waals surface area contributed by atoms with Gasteiger partial charge in [0.2, 0.25) is 11.8 Å². The summed E-state index contributed by atoms with van der Waals surface area (Å²) in [6, 6.07) is 6.40. The van der Waals surface area contributed by atoms with Crippen LogP contribution in [0.15, 0.2) is 30.3 Å². The van der Waals surface area contributed by atoms with Crippen molar-refractivity contribution in [2.45, 2.75) is 51.4 Å². The third-order valence-corrected chi connectivity index (χ3v) is 4.49. The number of likely N-dealkylation sites (tertiary alicyclic amines) is 1. The molecule has 9 nitrogen and oxygen atoms in total. The molecule has 0 aliphatic carbocycles. The van der Waals surface area contributed by atoms with Gasteiger partial charge in [0.05, 0.1) is 0 Å². The van der Waals surface area contributed by atoms with E-state index in [0.717, 1.165) is 5.56 Å². The van der Waals surface area contributed by atoms with Gasteiger partial charge in [0, 0.05) is 6.54 Å². The monoisotopic (exact) mass is 391 g/mol. The lowest BCUT2D eigenvalue weighted by Crippen LogP contribution is -2.54. The number of aliphatic carboxylic acids is 1. The highest BCUT2D eigenvalue weighted by atomic mass is 16.5. The average molecular weight is 391 g/mol. The normalized spacial score (nSPS) is 18.1. The van der Waals surface area contributed by atoms with Gasteiger partial charge in [-0.25, -0.2) is 9.59 Å². The van der Waals surface area contributed by atoms with Crippen molar-refractivity contribution in [1.29, 1.82) is 0 Å². The lowest BCUT2D eigenvalue weighted by molar-refractivity contribution is -0.149. The van der Waals surface area contributed by atoms with Crippen LogP contribution in [-0.2, 0) is 25.7 Å². The molecule has 1 aromatic carbocycles. The Bertz CT molecular complexity index is 724. The summed E-state index contributed by atoms with van der Waals surface area (Å²) in [5.74, 6) is -2.08. The molecular weight excluding hydrogens is 366 g/mol. The van der Waals surface area contributed by atoms with Crippen LogP contribution in [0.2, 0.25) is 0 Å². The van der Waals surface area contributed by atoms with E-state index in [1.54, 1.807) is 12.1 Å². The topological polar surface area (TPSA) is 125 Å². The minimum atomic E-state index is -1.06. The van der Waals surface area contributed by atoms with E-state index in [4.69, 9.17) is 4.74 Å². The van der Waals surface area contributed by atoms with E-state index in [1.807, 2.05) is 18.2 Å². The first-order valence-electron chi connectivity index (χ1n) is 9.10. The van der Waals surface area contributed by atoms with E-state index in [-0.39, 0.29) is 6.61 Å². The van der Waals surface area contributed by atoms with Crippen molar-refractivity contribution in [3.05, 3.63) is 35.9 Å². The van der Waals surface area contributed by atoms with Crippen molar-refractivity contribution in [2.75, 3.05) is 6.54 Å². The second-order valence-corrected chi connectivity index (χ2v) is 6.69. The van der Waals surface area contributed by atoms with Gasteiger partial charge in [0.1, 0.15) is 24.7 Å². The molecule has 9 heteroatoms. The number of nitrogens with zero attached hydrogens (tertiary/aromatic N) is 1. The Balaban J connectivity index is 1.79. The Morgan fingerprint density at radius 3 is 2.46 bits per heavy atom. The van der Waals surface area contributed by atoms with Gasteiger partial charge in [-0.15, -0.1) is 0 Å². The van der Waals surface area contributed by atoms with Crippen molar-refractivity contribution < 1.29 is 29.0 Å². The fourth-order valence-corrected chi connectivity index (χ4v) is 2.94. The molecule has 3 amide bonds. The van der Waals surface area contributed by atoms with Crippen molar-refractivity contribution in [3.63, 3.8) is 0 Å². The first-order valence-corrected chi connectivity index (χ1v) is 9.10. The predicted octanol–water partition coefficient (Wildman–Crippen LogP) is 0.882. The highest BCUT2D eigenvalue weighted by Crippen LogP contribution is 2.18. The van der Waals surface area contributed by atoms with Crippen LogP contribution in [-0.4, -0.2) is 58.6 Å². The van der Waals surface area contributed by atoms with Gasteiger partial charge in [-0.05, 0) is 32.3 Å². The smallest absolute Gasteiger partial charge is 0.408 e. The number of hydrogen-bond donors (Lipinski definition) is 3. The summed E-state index contributed by atoms with van der Waals surface area (Å²) in [5, 5.41) is 14.1. The molecule has 0 aromatic heterocycles. The number of rotatable bonds is 7. The fraction of sp³-hybridized carbons (Fsp3) is 0.474. The van der Waals surface area contributed by atoms with Gasteiger partial charge < -0.3 is 25.4 Å². The maximum atomic E-state index is 12.4. The van der Waals surface area contributed by atoms with Crippen LogP contribution >= 0.6 is 0 Å². The van der Waals surface area contributed by atoms with Crippen LogP contribution in [0.1, 0.15) is 32.3 Å². The Kier molecular flexibility index (Phi) is 7.36. The minimum Gasteiger partial charge on any atom is -0.480 e. The largest absolute Gasteiger partial charge is 0.480 e. The Hall–Kier alpha value is -3.10. The minimum absolute atomic E-state index is 0.0709. The highest BCUT2D eigenvalue weighted by Gasteiger charge is 2.36. The van der Waals surface area contributed by atoms with E-state index in [0.29, 0.717) is 19.4 Å². The van der Waals surface area contributed by atoms with Gasteiger partial charge in [0.25, 0.3) is 0 Å². The number of carbonyl (C=O) groups is 4. The molecule has 0 bridgehead atoms. The third-order valence-electron chi connectivity index (χ3n) is 4.49. The molecular formula is C19H25N3O6. The SMILES string of the molecule is C[C@H](NC(=O)OCc1ccccc1)C(=O)N[C@@H](C)C(=O)N1CCC[C@H]1C(=O)O. The molecule has 1 aliphatic heterocycles. The number of carboxylic acids is 1. The zero-order chi connectivity index (χ0) is 20.7. The molecule has 3 N–H and O–H groups in total. The van der Waals surface area contributed by atoms with Gasteiger partial charge >= 0.3 is 12.1 Å². The van der Waals surface area contributed by atoms with Crippen LogP contribution in [0.25, 0.3) is 0 Å². The van der Waals surface area contributed by atoms with Gasteiger partial charge in [-0.3, -0.25) is 9.59 Å². The molecule has 1 aliphatic rings. The summed E-state index contributed by atoms with van der Waals surface area (Å²) < 4.78 is 5.05. The summed E-state index contributed by atoms with van der Waals surface area (Å²) in [4.78, 5) is 49.0. The van der Waals surface area contributed by atoms with E-state index in [9.17, 15) is 24.3 Å². The first kappa shape index (κ1) is 21.2. The molecule has 152 valence electrons. The van der Waals surface area contributed by atoms with Crippen LogP contribution < -0.4 is 10.6 Å². The van der Waals surface area contributed by atoms with Crippen LogP contribution in [0, 0.1) is 0 Å². The highest BCUT2D eigenvalue weighted by molar-refractivity contribution is 5.92. The molecule has 0 unspecified atom stereocenters. The number of benzene rings is 1. The Labute approximate surface area is 163 Å². The third kappa shape index (κ3) is 5.70. The number of carboxylic acid groups (broad SMARTS) is 1. The number of amides is 3. The summed E-state index contributed by atoms with van der Waals surface area (Å²) in [5.41, 5.74) is 0.813. The van der Waals surface area contributed by atoms with Crippen LogP contribution in [0.3, 0.4) is 0 Å². The number of nitrogens with one attached hydrogen (secondary N) is 2. The van der Waals surface area contributed by atoms with E-state index < -0.39 is 42.0 Å². The maximum absolute atomic E-state index is 12.4. The number of ether oxygens (including phenoxy) is 1.